The van der Waals surface area contributed by atoms with Crippen LogP contribution >= 0.6 is 23.2 Å². The van der Waals surface area contributed by atoms with Gasteiger partial charge < -0.3 is 10.5 Å². The largest absolute Gasteiger partial charge is 0.488 e. The summed E-state index contributed by atoms with van der Waals surface area (Å²) in [6, 6.07) is 5.55. The molecule has 2 atom stereocenters. The molecule has 1 aromatic carbocycles. The van der Waals surface area contributed by atoms with Gasteiger partial charge in [0.05, 0.1) is 5.02 Å². The molecule has 1 fully saturated rings. The molecule has 2 nitrogen and oxygen atoms in total. The van der Waals surface area contributed by atoms with E-state index in [1.54, 1.807) is 12.1 Å². The van der Waals surface area contributed by atoms with Crippen molar-refractivity contribution in [3.8, 4) is 5.75 Å². The van der Waals surface area contributed by atoms with Crippen LogP contribution in [0, 0.1) is 5.41 Å². The summed E-state index contributed by atoms with van der Waals surface area (Å²) in [4.78, 5) is 0. The Balaban J connectivity index is 2.15. The quantitative estimate of drug-likeness (QED) is 0.897. The molecular formula is C14H19Cl2NO. The van der Waals surface area contributed by atoms with Crippen LogP contribution in [0.5, 0.6) is 5.75 Å². The van der Waals surface area contributed by atoms with E-state index in [2.05, 4.69) is 13.8 Å². The van der Waals surface area contributed by atoms with Crippen LogP contribution in [0.2, 0.25) is 10.0 Å². The van der Waals surface area contributed by atoms with Crippen molar-refractivity contribution < 1.29 is 4.74 Å². The van der Waals surface area contributed by atoms with Crippen LogP contribution in [0.3, 0.4) is 0 Å². The summed E-state index contributed by atoms with van der Waals surface area (Å²) in [7, 11) is 0. The van der Waals surface area contributed by atoms with Crippen LogP contribution in [0.15, 0.2) is 18.2 Å². The first-order chi connectivity index (χ1) is 8.53. The van der Waals surface area contributed by atoms with Gasteiger partial charge in [0.2, 0.25) is 0 Å². The lowest BCUT2D eigenvalue weighted by Crippen LogP contribution is -2.62. The normalized spacial score (nSPS) is 25.6. The predicted molar refractivity (Wildman–Crippen MR) is 76.5 cm³/mol. The Kier molecular flexibility index (Phi) is 4.10. The molecule has 0 aliphatic heterocycles. The van der Waals surface area contributed by atoms with Gasteiger partial charge in [0, 0.05) is 22.9 Å². The van der Waals surface area contributed by atoms with E-state index in [-0.39, 0.29) is 17.6 Å². The second-order valence-electron chi connectivity index (χ2n) is 4.96. The molecule has 100 valence electrons. The Morgan fingerprint density at radius 3 is 2.50 bits per heavy atom. The summed E-state index contributed by atoms with van der Waals surface area (Å²) in [5, 5.41) is 1.18. The van der Waals surface area contributed by atoms with Crippen molar-refractivity contribution >= 4 is 23.2 Å². The standard InChI is InChI=1S/C14H19Cl2NO/c1-3-14(4-2)12(17)8-13(14)18-11-6-5-9(15)7-10(11)16/h5-7,12-13H,3-4,8,17H2,1-2H3. The molecule has 1 aliphatic carbocycles. The van der Waals surface area contributed by atoms with Crippen molar-refractivity contribution in [1.29, 1.82) is 0 Å². The van der Waals surface area contributed by atoms with Gasteiger partial charge in [-0.1, -0.05) is 37.0 Å². The average molecular weight is 288 g/mol. The number of halogens is 2. The molecule has 0 bridgehead atoms. The first-order valence-corrected chi connectivity index (χ1v) is 7.16. The minimum Gasteiger partial charge on any atom is -0.488 e. The summed E-state index contributed by atoms with van der Waals surface area (Å²) in [6.45, 7) is 4.34. The molecule has 0 heterocycles. The molecule has 0 spiro atoms. The van der Waals surface area contributed by atoms with Gasteiger partial charge in [-0.2, -0.15) is 0 Å². The lowest BCUT2D eigenvalue weighted by Gasteiger charge is -2.53. The minimum absolute atomic E-state index is 0.0863. The summed E-state index contributed by atoms with van der Waals surface area (Å²) in [5.41, 5.74) is 6.24. The molecule has 2 unspecified atom stereocenters. The second-order valence-corrected chi connectivity index (χ2v) is 5.81. The lowest BCUT2D eigenvalue weighted by atomic mass is 9.59. The molecule has 18 heavy (non-hydrogen) atoms. The lowest BCUT2D eigenvalue weighted by molar-refractivity contribution is -0.0721. The van der Waals surface area contributed by atoms with Crippen LogP contribution in [0.4, 0.5) is 0 Å². The first-order valence-electron chi connectivity index (χ1n) is 6.40. The van der Waals surface area contributed by atoms with Crippen molar-refractivity contribution in [2.45, 2.75) is 45.3 Å². The van der Waals surface area contributed by atoms with Gasteiger partial charge in [-0.25, -0.2) is 0 Å². The fourth-order valence-electron chi connectivity index (χ4n) is 2.90. The Morgan fingerprint density at radius 2 is 2.00 bits per heavy atom. The van der Waals surface area contributed by atoms with Crippen LogP contribution in [0.25, 0.3) is 0 Å². The van der Waals surface area contributed by atoms with E-state index in [9.17, 15) is 0 Å². The zero-order valence-corrected chi connectivity index (χ0v) is 12.3. The summed E-state index contributed by atoms with van der Waals surface area (Å²) < 4.78 is 6.03. The van der Waals surface area contributed by atoms with Crippen molar-refractivity contribution in [2.24, 2.45) is 11.1 Å². The van der Waals surface area contributed by atoms with E-state index in [1.165, 1.54) is 0 Å². The fraction of sp³-hybridized carbons (Fsp3) is 0.571. The average Bonchev–Trinajstić information content (AvgIpc) is 2.33. The van der Waals surface area contributed by atoms with E-state index in [1.807, 2.05) is 6.07 Å². The number of nitrogens with two attached hydrogens (primary N) is 1. The van der Waals surface area contributed by atoms with E-state index in [0.29, 0.717) is 15.8 Å². The first kappa shape index (κ1) is 14.0. The van der Waals surface area contributed by atoms with Gasteiger partial charge in [0.15, 0.2) is 0 Å². The van der Waals surface area contributed by atoms with Gasteiger partial charge in [-0.15, -0.1) is 0 Å². The smallest absolute Gasteiger partial charge is 0.138 e. The van der Waals surface area contributed by atoms with Gasteiger partial charge in [0.1, 0.15) is 11.9 Å². The highest BCUT2D eigenvalue weighted by Crippen LogP contribution is 2.48. The Hall–Kier alpha value is -0.440. The highest BCUT2D eigenvalue weighted by molar-refractivity contribution is 6.35. The number of rotatable bonds is 4. The second kappa shape index (κ2) is 5.28. The number of benzene rings is 1. The van der Waals surface area contributed by atoms with Gasteiger partial charge in [-0.3, -0.25) is 0 Å². The molecule has 0 saturated heterocycles. The number of hydrogen-bond donors (Lipinski definition) is 1. The van der Waals surface area contributed by atoms with E-state index >= 15 is 0 Å². The van der Waals surface area contributed by atoms with Crippen LogP contribution < -0.4 is 10.5 Å². The number of ether oxygens (including phenoxy) is 1. The van der Waals surface area contributed by atoms with Crippen LogP contribution in [-0.4, -0.2) is 12.1 Å². The molecule has 0 aromatic heterocycles. The monoisotopic (exact) mass is 287 g/mol. The van der Waals surface area contributed by atoms with E-state index in [4.69, 9.17) is 33.7 Å². The zero-order valence-electron chi connectivity index (χ0n) is 10.7. The maximum absolute atomic E-state index is 6.15. The van der Waals surface area contributed by atoms with Crippen LogP contribution in [0.1, 0.15) is 33.1 Å². The highest BCUT2D eigenvalue weighted by atomic mass is 35.5. The Labute approximate surface area is 118 Å². The summed E-state index contributed by atoms with van der Waals surface area (Å²) in [5.74, 6) is 0.698. The Morgan fingerprint density at radius 1 is 1.33 bits per heavy atom. The molecule has 2 rings (SSSR count). The van der Waals surface area contributed by atoms with Gasteiger partial charge in [-0.05, 0) is 31.0 Å². The molecule has 0 amide bonds. The third kappa shape index (κ3) is 2.22. The molecule has 1 saturated carbocycles. The molecule has 0 radical (unpaired) electrons. The third-order valence-electron chi connectivity index (χ3n) is 4.33. The highest BCUT2D eigenvalue weighted by Gasteiger charge is 2.52. The van der Waals surface area contributed by atoms with E-state index in [0.717, 1.165) is 19.3 Å². The van der Waals surface area contributed by atoms with E-state index < -0.39 is 0 Å². The summed E-state index contributed by atoms with van der Waals surface area (Å²) in [6.07, 6.45) is 3.10. The van der Waals surface area contributed by atoms with Crippen molar-refractivity contribution in [3.63, 3.8) is 0 Å². The third-order valence-corrected chi connectivity index (χ3v) is 4.86. The molecule has 4 heteroatoms. The zero-order chi connectivity index (χ0) is 13.3. The molecule has 1 aromatic rings. The van der Waals surface area contributed by atoms with Crippen molar-refractivity contribution in [2.75, 3.05) is 0 Å². The van der Waals surface area contributed by atoms with Crippen molar-refractivity contribution in [1.82, 2.24) is 0 Å². The maximum atomic E-state index is 6.15. The predicted octanol–water partition coefficient (Wildman–Crippen LogP) is 4.28. The van der Waals surface area contributed by atoms with Crippen LogP contribution in [-0.2, 0) is 0 Å². The molecule has 1 aliphatic rings. The van der Waals surface area contributed by atoms with Crippen molar-refractivity contribution in [3.05, 3.63) is 28.2 Å². The fourth-order valence-corrected chi connectivity index (χ4v) is 3.35. The SMILES string of the molecule is CCC1(CC)C(N)CC1Oc1ccc(Cl)cc1Cl. The topological polar surface area (TPSA) is 35.2 Å². The Bertz CT molecular complexity index is 432. The minimum atomic E-state index is 0.0863. The van der Waals surface area contributed by atoms with Gasteiger partial charge >= 0.3 is 0 Å². The number of hydrogen-bond acceptors (Lipinski definition) is 2. The molecular weight excluding hydrogens is 269 g/mol. The molecule has 2 N–H and O–H groups in total. The van der Waals surface area contributed by atoms with Gasteiger partial charge in [0.25, 0.3) is 0 Å². The summed E-state index contributed by atoms with van der Waals surface area (Å²) >= 11 is 12.0. The maximum Gasteiger partial charge on any atom is 0.138 e.